The van der Waals surface area contributed by atoms with Crippen LogP contribution in [-0.2, 0) is 11.2 Å². The van der Waals surface area contributed by atoms with Crippen molar-refractivity contribution in [1.82, 2.24) is 19.5 Å². The van der Waals surface area contributed by atoms with E-state index in [-0.39, 0.29) is 5.82 Å². The van der Waals surface area contributed by atoms with E-state index in [2.05, 4.69) is 27.1 Å². The van der Waals surface area contributed by atoms with E-state index in [9.17, 15) is 15.3 Å². The Morgan fingerprint density at radius 2 is 1.93 bits per heavy atom. The molecule has 3 heterocycles. The molecule has 9 nitrogen and oxygen atoms in total. The SMILES string of the molecule is Nc1nc(SCCCc2ccccc2)nc2c1ncn2C1O[C@H](CO)[C@@H](O)[C@H]1O. The molecule has 0 aliphatic carbocycles. The molecule has 0 spiro atoms. The molecule has 10 heteroatoms. The van der Waals surface area contributed by atoms with Crippen molar-refractivity contribution >= 4 is 28.7 Å². The predicted molar refractivity (Wildman–Crippen MR) is 108 cm³/mol. The van der Waals surface area contributed by atoms with Crippen molar-refractivity contribution in [3.05, 3.63) is 42.2 Å². The number of aliphatic hydroxyl groups is 3. The molecular weight excluding hydrogens is 394 g/mol. The molecule has 0 saturated carbocycles. The largest absolute Gasteiger partial charge is 0.394 e. The van der Waals surface area contributed by atoms with Gasteiger partial charge in [-0.1, -0.05) is 42.1 Å². The first-order valence-corrected chi connectivity index (χ1v) is 10.4. The highest BCUT2D eigenvalue weighted by Gasteiger charge is 2.44. The number of aromatic nitrogens is 4. The van der Waals surface area contributed by atoms with Crippen LogP contribution in [0.15, 0.2) is 41.8 Å². The zero-order valence-corrected chi connectivity index (χ0v) is 16.4. The predicted octanol–water partition coefficient (Wildman–Crippen LogP) is 0.745. The number of rotatable bonds is 7. The maximum absolute atomic E-state index is 10.3. The molecule has 29 heavy (non-hydrogen) atoms. The number of nitrogen functional groups attached to an aromatic ring is 1. The zero-order chi connectivity index (χ0) is 20.4. The molecule has 2 aromatic heterocycles. The lowest BCUT2D eigenvalue weighted by atomic mass is 10.1. The van der Waals surface area contributed by atoms with E-state index in [1.54, 1.807) is 0 Å². The summed E-state index contributed by atoms with van der Waals surface area (Å²) in [5.74, 6) is 1.06. The second-order valence-electron chi connectivity index (χ2n) is 6.88. The summed E-state index contributed by atoms with van der Waals surface area (Å²) >= 11 is 1.49. The third kappa shape index (κ3) is 4.07. The monoisotopic (exact) mass is 417 g/mol. The average Bonchev–Trinajstić information content (AvgIpc) is 3.28. The first-order chi connectivity index (χ1) is 14.1. The van der Waals surface area contributed by atoms with E-state index < -0.39 is 31.1 Å². The van der Waals surface area contributed by atoms with Crippen molar-refractivity contribution in [2.24, 2.45) is 0 Å². The highest BCUT2D eigenvalue weighted by Crippen LogP contribution is 2.32. The van der Waals surface area contributed by atoms with Crippen LogP contribution in [0, 0.1) is 0 Å². The molecule has 1 aliphatic heterocycles. The summed E-state index contributed by atoms with van der Waals surface area (Å²) in [5.41, 5.74) is 8.14. The highest BCUT2D eigenvalue weighted by atomic mass is 32.2. The maximum atomic E-state index is 10.3. The van der Waals surface area contributed by atoms with Crippen LogP contribution in [0.3, 0.4) is 0 Å². The van der Waals surface area contributed by atoms with Crippen LogP contribution < -0.4 is 5.73 Å². The lowest BCUT2D eigenvalue weighted by Crippen LogP contribution is -2.33. The smallest absolute Gasteiger partial charge is 0.191 e. The number of imidazole rings is 1. The van der Waals surface area contributed by atoms with Gasteiger partial charge in [0.05, 0.1) is 12.9 Å². The van der Waals surface area contributed by atoms with Crippen molar-refractivity contribution < 1.29 is 20.1 Å². The van der Waals surface area contributed by atoms with Crippen molar-refractivity contribution in [2.45, 2.75) is 42.5 Å². The normalized spacial score (nSPS) is 24.4. The van der Waals surface area contributed by atoms with Gasteiger partial charge in [0.2, 0.25) is 0 Å². The maximum Gasteiger partial charge on any atom is 0.191 e. The van der Waals surface area contributed by atoms with Crippen molar-refractivity contribution in [3.8, 4) is 0 Å². The second-order valence-corrected chi connectivity index (χ2v) is 7.94. The molecule has 3 aromatic rings. The summed E-state index contributed by atoms with van der Waals surface area (Å²) in [4.78, 5) is 13.1. The second kappa shape index (κ2) is 8.64. The summed E-state index contributed by atoms with van der Waals surface area (Å²) in [5, 5.41) is 30.1. The fourth-order valence-corrected chi connectivity index (χ4v) is 4.15. The fourth-order valence-electron chi connectivity index (χ4n) is 3.36. The number of ether oxygens (including phenoxy) is 1. The van der Waals surface area contributed by atoms with Crippen LogP contribution in [0.1, 0.15) is 18.2 Å². The van der Waals surface area contributed by atoms with Crippen LogP contribution in [0.25, 0.3) is 11.2 Å². The average molecular weight is 417 g/mol. The molecule has 5 N–H and O–H groups in total. The highest BCUT2D eigenvalue weighted by molar-refractivity contribution is 7.99. The van der Waals surface area contributed by atoms with Gasteiger partial charge in [-0.05, 0) is 18.4 Å². The molecule has 4 rings (SSSR count). The summed E-state index contributed by atoms with van der Waals surface area (Å²) in [6.07, 6.45) is -0.845. The van der Waals surface area contributed by atoms with Gasteiger partial charge >= 0.3 is 0 Å². The van der Waals surface area contributed by atoms with Crippen molar-refractivity contribution in [1.29, 1.82) is 0 Å². The zero-order valence-electron chi connectivity index (χ0n) is 15.6. The van der Waals surface area contributed by atoms with Gasteiger partial charge in [0.25, 0.3) is 0 Å². The topological polar surface area (TPSA) is 140 Å². The summed E-state index contributed by atoms with van der Waals surface area (Å²) in [6.45, 7) is -0.402. The number of hydrogen-bond donors (Lipinski definition) is 4. The number of anilines is 1. The minimum Gasteiger partial charge on any atom is -0.394 e. The van der Waals surface area contributed by atoms with E-state index in [1.807, 2.05) is 18.2 Å². The lowest BCUT2D eigenvalue weighted by molar-refractivity contribution is -0.0511. The van der Waals surface area contributed by atoms with Gasteiger partial charge in [0, 0.05) is 5.75 Å². The molecule has 4 atom stereocenters. The van der Waals surface area contributed by atoms with Crippen molar-refractivity contribution in [2.75, 3.05) is 18.1 Å². The third-order valence-electron chi connectivity index (χ3n) is 4.90. The molecule has 1 aromatic carbocycles. The Hall–Kier alpha value is -2.24. The summed E-state index contributed by atoms with van der Waals surface area (Å²) in [6, 6.07) is 10.3. The number of aryl methyl sites for hydroxylation is 1. The molecule has 1 aliphatic rings. The molecule has 1 fully saturated rings. The summed E-state index contributed by atoms with van der Waals surface area (Å²) in [7, 11) is 0. The molecule has 0 amide bonds. The van der Waals surface area contributed by atoms with Crippen LogP contribution in [-0.4, -0.2) is 65.5 Å². The Bertz CT molecular complexity index is 970. The number of hydrogen-bond acceptors (Lipinski definition) is 9. The molecule has 1 saturated heterocycles. The summed E-state index contributed by atoms with van der Waals surface area (Å²) < 4.78 is 7.10. The van der Waals surface area contributed by atoms with Gasteiger partial charge < -0.3 is 25.8 Å². The number of fused-ring (bicyclic) bond motifs is 1. The van der Waals surface area contributed by atoms with Crippen molar-refractivity contribution in [3.63, 3.8) is 0 Å². The van der Waals surface area contributed by atoms with E-state index in [1.165, 1.54) is 28.2 Å². The molecule has 154 valence electrons. The van der Waals surface area contributed by atoms with Crippen LogP contribution in [0.4, 0.5) is 5.82 Å². The van der Waals surface area contributed by atoms with E-state index in [0.29, 0.717) is 16.3 Å². The van der Waals surface area contributed by atoms with Gasteiger partial charge in [-0.15, -0.1) is 0 Å². The molecular formula is C19H23N5O4S. The van der Waals surface area contributed by atoms with E-state index in [4.69, 9.17) is 10.5 Å². The van der Waals surface area contributed by atoms with Gasteiger partial charge in [0.15, 0.2) is 22.8 Å². The minimum absolute atomic E-state index is 0.242. The number of benzene rings is 1. The van der Waals surface area contributed by atoms with E-state index >= 15 is 0 Å². The Kier molecular flexibility index (Phi) is 5.97. The number of aliphatic hydroxyl groups excluding tert-OH is 3. The van der Waals surface area contributed by atoms with Gasteiger partial charge in [-0.2, -0.15) is 0 Å². The number of nitrogens with two attached hydrogens (primary N) is 1. The number of thioether (sulfide) groups is 1. The molecule has 0 bridgehead atoms. The van der Waals surface area contributed by atoms with Gasteiger partial charge in [-0.3, -0.25) is 4.57 Å². The third-order valence-corrected chi connectivity index (χ3v) is 5.84. The van der Waals surface area contributed by atoms with Crippen LogP contribution >= 0.6 is 11.8 Å². The van der Waals surface area contributed by atoms with Gasteiger partial charge in [-0.25, -0.2) is 15.0 Å². The lowest BCUT2D eigenvalue weighted by Gasteiger charge is -2.16. The quantitative estimate of drug-likeness (QED) is 0.249. The fraction of sp³-hybridized carbons (Fsp3) is 0.421. The Labute approximate surface area is 171 Å². The first-order valence-electron chi connectivity index (χ1n) is 9.37. The van der Waals surface area contributed by atoms with Crippen LogP contribution in [0.5, 0.6) is 0 Å². The van der Waals surface area contributed by atoms with E-state index in [0.717, 1.165) is 18.6 Å². The standard InChI is InChI=1S/C19H23N5O4S/c20-16-13-17(24(10-21-13)18-15(27)14(26)12(9-25)28-18)23-19(22-16)29-8-4-7-11-5-2-1-3-6-11/h1-3,5-6,10,12,14-15,18,25-27H,4,7-9H2,(H2,20,22,23)/t12-,14-,15-,18?/m1/s1. The molecule has 0 radical (unpaired) electrons. The molecule has 1 unspecified atom stereocenters. The minimum atomic E-state index is -1.22. The Morgan fingerprint density at radius 1 is 1.14 bits per heavy atom. The first kappa shape index (κ1) is 20.0. The Morgan fingerprint density at radius 3 is 2.66 bits per heavy atom. The number of nitrogens with zero attached hydrogens (tertiary/aromatic N) is 4. The van der Waals surface area contributed by atoms with Crippen LogP contribution in [0.2, 0.25) is 0 Å². The van der Waals surface area contributed by atoms with Gasteiger partial charge in [0.1, 0.15) is 23.8 Å². The Balaban J connectivity index is 1.49.